The summed E-state index contributed by atoms with van der Waals surface area (Å²) in [4.78, 5) is 35.6. The van der Waals surface area contributed by atoms with Crippen molar-refractivity contribution < 1.29 is 19.1 Å². The SMILES string of the molecule is CC(=O)CNC(=O)[C@H]1CC[C@H]2[C@@H]3CC=C4C[C@@H](OC(C)=O)CC[C@]4(C)[C@H]3CC[C@]12C. The van der Waals surface area contributed by atoms with E-state index in [-0.39, 0.29) is 47.1 Å². The number of nitrogens with one attached hydrogen (secondary N) is 1. The van der Waals surface area contributed by atoms with Crippen molar-refractivity contribution in [3.8, 4) is 0 Å². The van der Waals surface area contributed by atoms with E-state index in [2.05, 4.69) is 25.2 Å². The Kier molecular flexibility index (Phi) is 5.61. The van der Waals surface area contributed by atoms with Gasteiger partial charge in [0.25, 0.3) is 0 Å². The third-order valence-corrected chi connectivity index (χ3v) is 9.22. The molecule has 4 rings (SSSR count). The van der Waals surface area contributed by atoms with E-state index in [1.165, 1.54) is 25.8 Å². The molecule has 0 saturated heterocycles. The summed E-state index contributed by atoms with van der Waals surface area (Å²) >= 11 is 0. The minimum Gasteiger partial charge on any atom is -0.462 e. The van der Waals surface area contributed by atoms with E-state index in [1.807, 2.05) is 0 Å². The quantitative estimate of drug-likeness (QED) is 0.552. The summed E-state index contributed by atoms with van der Waals surface area (Å²) in [6.45, 7) is 7.94. The van der Waals surface area contributed by atoms with Crippen LogP contribution in [0.25, 0.3) is 0 Å². The number of hydrogen-bond donors (Lipinski definition) is 1. The molecule has 166 valence electrons. The molecule has 0 heterocycles. The van der Waals surface area contributed by atoms with Gasteiger partial charge in [0, 0.05) is 19.3 Å². The molecule has 0 unspecified atom stereocenters. The Balaban J connectivity index is 1.51. The van der Waals surface area contributed by atoms with Crippen molar-refractivity contribution in [2.45, 2.75) is 85.2 Å². The highest BCUT2D eigenvalue weighted by atomic mass is 16.5. The second-order valence-electron chi connectivity index (χ2n) is 10.8. The monoisotopic (exact) mass is 415 g/mol. The lowest BCUT2D eigenvalue weighted by Crippen LogP contribution is -2.52. The highest BCUT2D eigenvalue weighted by Gasteiger charge is 2.60. The van der Waals surface area contributed by atoms with Crippen molar-refractivity contribution in [1.82, 2.24) is 5.32 Å². The van der Waals surface area contributed by atoms with Crippen LogP contribution >= 0.6 is 0 Å². The number of ether oxygens (including phenoxy) is 1. The van der Waals surface area contributed by atoms with E-state index >= 15 is 0 Å². The first-order valence-corrected chi connectivity index (χ1v) is 11.8. The van der Waals surface area contributed by atoms with Gasteiger partial charge in [-0.1, -0.05) is 25.5 Å². The van der Waals surface area contributed by atoms with Gasteiger partial charge in [0.05, 0.1) is 6.54 Å². The van der Waals surface area contributed by atoms with E-state index < -0.39 is 0 Å². The fraction of sp³-hybridized carbons (Fsp3) is 0.800. The molecular formula is C25H37NO4. The zero-order chi connectivity index (χ0) is 21.7. The van der Waals surface area contributed by atoms with E-state index in [0.717, 1.165) is 44.9 Å². The Morgan fingerprint density at radius 1 is 1.07 bits per heavy atom. The molecule has 4 aliphatic rings. The number of Topliss-reactive ketones (excluding diaryl/α,β-unsaturated/α-hetero) is 1. The first-order valence-electron chi connectivity index (χ1n) is 11.8. The predicted molar refractivity (Wildman–Crippen MR) is 114 cm³/mol. The van der Waals surface area contributed by atoms with Crippen molar-refractivity contribution in [3.63, 3.8) is 0 Å². The molecule has 0 radical (unpaired) electrons. The van der Waals surface area contributed by atoms with E-state index in [1.54, 1.807) is 0 Å². The van der Waals surface area contributed by atoms with Gasteiger partial charge in [-0.05, 0) is 80.5 Å². The van der Waals surface area contributed by atoms with Gasteiger partial charge in [0.2, 0.25) is 5.91 Å². The second kappa shape index (κ2) is 7.80. The lowest BCUT2D eigenvalue weighted by Gasteiger charge is -2.58. The molecule has 4 aliphatic carbocycles. The number of hydrogen-bond acceptors (Lipinski definition) is 4. The van der Waals surface area contributed by atoms with Gasteiger partial charge in [-0.25, -0.2) is 0 Å². The van der Waals surface area contributed by atoms with Gasteiger partial charge in [-0.2, -0.15) is 0 Å². The van der Waals surface area contributed by atoms with Gasteiger partial charge >= 0.3 is 5.97 Å². The summed E-state index contributed by atoms with van der Waals surface area (Å²) in [7, 11) is 0. The van der Waals surface area contributed by atoms with E-state index in [4.69, 9.17) is 4.74 Å². The number of amides is 1. The normalized spacial score (nSPS) is 42.3. The number of ketones is 1. The smallest absolute Gasteiger partial charge is 0.302 e. The Hall–Kier alpha value is -1.65. The van der Waals surface area contributed by atoms with Crippen LogP contribution in [0.4, 0.5) is 0 Å². The van der Waals surface area contributed by atoms with Crippen LogP contribution < -0.4 is 5.32 Å². The molecule has 0 aromatic heterocycles. The molecule has 3 fully saturated rings. The minimum absolute atomic E-state index is 0.00832. The maximum atomic E-state index is 12.9. The molecule has 0 aromatic rings. The third kappa shape index (κ3) is 3.52. The first kappa shape index (κ1) is 21.6. The molecule has 5 nitrogen and oxygen atoms in total. The minimum atomic E-state index is -0.175. The van der Waals surface area contributed by atoms with Crippen LogP contribution in [0, 0.1) is 34.5 Å². The average Bonchev–Trinajstić information content (AvgIpc) is 3.03. The van der Waals surface area contributed by atoms with E-state index in [9.17, 15) is 14.4 Å². The third-order valence-electron chi connectivity index (χ3n) is 9.22. The average molecular weight is 416 g/mol. The zero-order valence-corrected chi connectivity index (χ0v) is 19.0. The standard InChI is InChI=1S/C25H37NO4/c1-15(27)14-26-23(29)22-8-7-20-19-6-5-17-13-18(30-16(2)28)9-11-24(17,3)21(19)10-12-25(20,22)4/h5,18-22H,6-14H2,1-4H3,(H,26,29)/t18-,19-,20-,21-,22+,24-,25-/m0/s1. The lowest BCUT2D eigenvalue weighted by molar-refractivity contribution is -0.149. The van der Waals surface area contributed by atoms with Gasteiger partial charge in [-0.15, -0.1) is 0 Å². The zero-order valence-electron chi connectivity index (χ0n) is 19.0. The predicted octanol–water partition coefficient (Wildman–Crippen LogP) is 4.20. The van der Waals surface area contributed by atoms with Crippen LogP contribution in [-0.4, -0.2) is 30.3 Å². The van der Waals surface area contributed by atoms with Crippen LogP contribution in [-0.2, 0) is 19.1 Å². The fourth-order valence-electron chi connectivity index (χ4n) is 7.73. The van der Waals surface area contributed by atoms with E-state index in [0.29, 0.717) is 17.8 Å². The summed E-state index contributed by atoms with van der Waals surface area (Å²) in [6.07, 6.45) is 10.8. The van der Waals surface area contributed by atoms with Crippen molar-refractivity contribution in [2.75, 3.05) is 6.54 Å². The van der Waals surface area contributed by atoms with Gasteiger partial charge in [0.15, 0.2) is 0 Å². The van der Waals surface area contributed by atoms with Crippen molar-refractivity contribution in [1.29, 1.82) is 0 Å². The maximum Gasteiger partial charge on any atom is 0.302 e. The molecule has 3 saturated carbocycles. The number of esters is 1. The van der Waals surface area contributed by atoms with Crippen molar-refractivity contribution in [3.05, 3.63) is 11.6 Å². The topological polar surface area (TPSA) is 72.5 Å². The lowest BCUT2D eigenvalue weighted by atomic mass is 9.47. The van der Waals surface area contributed by atoms with Crippen molar-refractivity contribution >= 4 is 17.7 Å². The molecule has 0 spiro atoms. The molecule has 0 bridgehead atoms. The second-order valence-corrected chi connectivity index (χ2v) is 10.8. The highest BCUT2D eigenvalue weighted by molar-refractivity contribution is 5.86. The molecule has 30 heavy (non-hydrogen) atoms. The summed E-state index contributed by atoms with van der Waals surface area (Å²) in [5.74, 6) is 1.81. The largest absolute Gasteiger partial charge is 0.462 e. The number of allylic oxidation sites excluding steroid dienone is 1. The van der Waals surface area contributed by atoms with Crippen LogP contribution in [0.5, 0.6) is 0 Å². The summed E-state index contributed by atoms with van der Waals surface area (Å²) < 4.78 is 5.54. The number of carbonyl (C=O) groups excluding carboxylic acids is 3. The number of carbonyl (C=O) groups is 3. The Morgan fingerprint density at radius 3 is 2.53 bits per heavy atom. The fourth-order valence-corrected chi connectivity index (χ4v) is 7.73. The molecule has 1 N–H and O–H groups in total. The van der Waals surface area contributed by atoms with Gasteiger partial charge in [0.1, 0.15) is 11.9 Å². The Bertz CT molecular complexity index is 773. The molecule has 7 atom stereocenters. The molecule has 0 aliphatic heterocycles. The van der Waals surface area contributed by atoms with Crippen LogP contribution in [0.1, 0.15) is 79.1 Å². The Morgan fingerprint density at radius 2 is 1.83 bits per heavy atom. The maximum absolute atomic E-state index is 12.9. The highest BCUT2D eigenvalue weighted by Crippen LogP contribution is 2.66. The number of rotatable bonds is 4. The van der Waals surface area contributed by atoms with Crippen LogP contribution in [0.2, 0.25) is 0 Å². The molecule has 1 amide bonds. The number of fused-ring (bicyclic) bond motifs is 5. The molecular weight excluding hydrogens is 378 g/mol. The van der Waals surface area contributed by atoms with Gasteiger partial charge < -0.3 is 10.1 Å². The molecule has 0 aromatic carbocycles. The van der Waals surface area contributed by atoms with Crippen LogP contribution in [0.15, 0.2) is 11.6 Å². The molecule has 5 heteroatoms. The summed E-state index contributed by atoms with van der Waals surface area (Å²) in [6, 6.07) is 0. The van der Waals surface area contributed by atoms with Gasteiger partial charge in [-0.3, -0.25) is 14.4 Å². The Labute approximate surface area is 180 Å². The van der Waals surface area contributed by atoms with Crippen molar-refractivity contribution in [2.24, 2.45) is 34.5 Å². The summed E-state index contributed by atoms with van der Waals surface area (Å²) in [5.41, 5.74) is 1.74. The first-order chi connectivity index (χ1) is 14.1. The van der Waals surface area contributed by atoms with Crippen LogP contribution in [0.3, 0.4) is 0 Å². The summed E-state index contributed by atoms with van der Waals surface area (Å²) in [5, 5.41) is 2.89.